The number of rotatable bonds is 4. The first-order chi connectivity index (χ1) is 5.83. The van der Waals surface area contributed by atoms with Crippen LogP contribution in [0.25, 0.3) is 0 Å². The van der Waals surface area contributed by atoms with Gasteiger partial charge >= 0.3 is 5.97 Å². The molecule has 0 atom stereocenters. The number of carbonyl (C=O) groups excluding carboxylic acids is 1. The van der Waals surface area contributed by atoms with Crippen molar-refractivity contribution >= 4 is 5.97 Å². The van der Waals surface area contributed by atoms with Gasteiger partial charge in [-0.15, -0.1) is 10.2 Å². The molecule has 0 aliphatic heterocycles. The van der Waals surface area contributed by atoms with E-state index in [0.29, 0.717) is 6.61 Å². The van der Waals surface area contributed by atoms with E-state index in [1.807, 2.05) is 0 Å². The third kappa shape index (κ3) is 2.57. The molecule has 6 heteroatoms. The summed E-state index contributed by atoms with van der Waals surface area (Å²) in [6.45, 7) is 2.27. The van der Waals surface area contributed by atoms with Gasteiger partial charge in [0.2, 0.25) is 0 Å². The second kappa shape index (κ2) is 4.32. The first-order valence-corrected chi connectivity index (χ1v) is 3.57. The normalized spacial score (nSPS) is 9.42. The molecule has 66 valence electrons. The predicted molar refractivity (Wildman–Crippen MR) is 40.9 cm³/mol. The van der Waals surface area contributed by atoms with Crippen molar-refractivity contribution in [3.63, 3.8) is 0 Å². The number of hydrogen-bond donors (Lipinski definition) is 1. The quantitative estimate of drug-likeness (QED) is 0.610. The molecule has 1 aromatic heterocycles. The molecule has 0 saturated carbocycles. The zero-order valence-electron chi connectivity index (χ0n) is 6.73. The molecule has 1 rings (SSSR count). The van der Waals surface area contributed by atoms with Crippen molar-refractivity contribution in [2.45, 2.75) is 6.92 Å². The number of aromatic nitrogens is 3. The van der Waals surface area contributed by atoms with Crippen LogP contribution in [-0.2, 0) is 9.53 Å². The summed E-state index contributed by atoms with van der Waals surface area (Å²) in [7, 11) is 0. The van der Waals surface area contributed by atoms with Gasteiger partial charge < -0.3 is 10.2 Å². The van der Waals surface area contributed by atoms with Crippen molar-refractivity contribution in [3.8, 4) is 0 Å². The molecule has 0 aliphatic carbocycles. The molecule has 0 unspecified atom stereocenters. The Hall–Kier alpha value is -1.59. The summed E-state index contributed by atoms with van der Waals surface area (Å²) in [5.74, 6) is -0.300. The van der Waals surface area contributed by atoms with Crippen LogP contribution in [0.3, 0.4) is 0 Å². The van der Waals surface area contributed by atoms with Gasteiger partial charge in [-0.2, -0.15) is 0 Å². The monoisotopic (exact) mass is 170 g/mol. The van der Waals surface area contributed by atoms with Crippen LogP contribution in [0.15, 0.2) is 12.7 Å². The van der Waals surface area contributed by atoms with Crippen molar-refractivity contribution < 1.29 is 9.53 Å². The molecular formula is C6H10N4O2. The van der Waals surface area contributed by atoms with Crippen molar-refractivity contribution in [2.75, 3.05) is 18.6 Å². The number of esters is 1. The van der Waals surface area contributed by atoms with Crippen LogP contribution >= 0.6 is 0 Å². The number of hydrogen-bond acceptors (Lipinski definition) is 5. The summed E-state index contributed by atoms with van der Waals surface area (Å²) in [6, 6.07) is 0. The lowest BCUT2D eigenvalue weighted by atomic mass is 10.7. The molecule has 0 amide bonds. The Bertz CT molecular complexity index is 234. The lowest BCUT2D eigenvalue weighted by Crippen LogP contribution is -2.23. The Kier molecular flexibility index (Phi) is 3.06. The highest BCUT2D eigenvalue weighted by molar-refractivity contribution is 5.72. The predicted octanol–water partition coefficient (Wildman–Crippen LogP) is -0.615. The minimum absolute atomic E-state index is 0.117. The fourth-order valence-corrected chi connectivity index (χ4v) is 0.650. The molecule has 0 aliphatic rings. The summed E-state index contributed by atoms with van der Waals surface area (Å²) in [5.41, 5.74) is 2.73. The molecule has 1 N–H and O–H groups in total. The first kappa shape index (κ1) is 8.51. The Labute approximate surface area is 69.5 Å². The van der Waals surface area contributed by atoms with Gasteiger partial charge in [0.15, 0.2) is 0 Å². The van der Waals surface area contributed by atoms with Gasteiger partial charge in [0.25, 0.3) is 0 Å². The summed E-state index contributed by atoms with van der Waals surface area (Å²) in [4.78, 5) is 10.8. The third-order valence-corrected chi connectivity index (χ3v) is 1.13. The summed E-state index contributed by atoms with van der Waals surface area (Å²) >= 11 is 0. The van der Waals surface area contributed by atoms with Crippen LogP contribution in [0.1, 0.15) is 6.92 Å². The average molecular weight is 170 g/mol. The second-order valence-electron chi connectivity index (χ2n) is 2.01. The van der Waals surface area contributed by atoms with Gasteiger partial charge in [-0.3, -0.25) is 4.79 Å². The van der Waals surface area contributed by atoms with E-state index < -0.39 is 0 Å². The summed E-state index contributed by atoms with van der Waals surface area (Å²) in [5, 5.41) is 7.09. The molecule has 0 bridgehead atoms. The van der Waals surface area contributed by atoms with Gasteiger partial charge in [0, 0.05) is 0 Å². The molecule has 0 fully saturated rings. The standard InChI is InChI=1S/C6H10N4O2/c1-2-12-6(11)3-9-10-4-7-8-5-10/h4-5,9H,2-3H2,1H3. The van der Waals surface area contributed by atoms with Gasteiger partial charge in [0.1, 0.15) is 19.2 Å². The third-order valence-electron chi connectivity index (χ3n) is 1.13. The molecule has 0 aromatic carbocycles. The van der Waals surface area contributed by atoms with E-state index in [2.05, 4.69) is 20.4 Å². The highest BCUT2D eigenvalue weighted by Gasteiger charge is 1.99. The molecule has 12 heavy (non-hydrogen) atoms. The van der Waals surface area contributed by atoms with Gasteiger partial charge in [-0.25, -0.2) is 4.68 Å². The van der Waals surface area contributed by atoms with E-state index in [-0.39, 0.29) is 12.5 Å². The number of carbonyl (C=O) groups is 1. The molecule has 1 heterocycles. The minimum Gasteiger partial charge on any atom is -0.465 e. The minimum atomic E-state index is -0.300. The van der Waals surface area contributed by atoms with E-state index in [1.165, 1.54) is 17.3 Å². The molecule has 1 aromatic rings. The zero-order chi connectivity index (χ0) is 8.81. The Morgan fingerprint density at radius 3 is 2.83 bits per heavy atom. The fourth-order valence-electron chi connectivity index (χ4n) is 0.650. The van der Waals surface area contributed by atoms with Crippen LogP contribution < -0.4 is 5.43 Å². The molecule has 0 radical (unpaired) electrons. The first-order valence-electron chi connectivity index (χ1n) is 3.57. The van der Waals surface area contributed by atoms with Crippen LogP contribution in [0.5, 0.6) is 0 Å². The number of nitrogens with zero attached hydrogens (tertiary/aromatic N) is 3. The Morgan fingerprint density at radius 2 is 2.25 bits per heavy atom. The van der Waals surface area contributed by atoms with Crippen LogP contribution in [0.4, 0.5) is 0 Å². The van der Waals surface area contributed by atoms with E-state index in [9.17, 15) is 4.79 Å². The summed E-state index contributed by atoms with van der Waals surface area (Å²) in [6.07, 6.45) is 2.92. The van der Waals surface area contributed by atoms with Crippen molar-refractivity contribution in [1.82, 2.24) is 14.9 Å². The van der Waals surface area contributed by atoms with E-state index >= 15 is 0 Å². The summed E-state index contributed by atoms with van der Waals surface area (Å²) < 4.78 is 6.17. The maximum absolute atomic E-state index is 10.8. The molecule has 0 spiro atoms. The topological polar surface area (TPSA) is 69.0 Å². The molecule has 6 nitrogen and oxygen atoms in total. The van der Waals surface area contributed by atoms with Crippen LogP contribution in [-0.4, -0.2) is 34.0 Å². The van der Waals surface area contributed by atoms with Crippen molar-refractivity contribution in [2.24, 2.45) is 0 Å². The van der Waals surface area contributed by atoms with Gasteiger partial charge in [-0.1, -0.05) is 0 Å². The smallest absolute Gasteiger partial charge is 0.326 e. The zero-order valence-corrected chi connectivity index (χ0v) is 6.73. The fraction of sp³-hybridized carbons (Fsp3) is 0.500. The lowest BCUT2D eigenvalue weighted by Gasteiger charge is -2.04. The van der Waals surface area contributed by atoms with Crippen LogP contribution in [0.2, 0.25) is 0 Å². The SMILES string of the molecule is CCOC(=O)CNn1cnnc1. The highest BCUT2D eigenvalue weighted by atomic mass is 16.5. The van der Waals surface area contributed by atoms with E-state index in [1.54, 1.807) is 6.92 Å². The van der Waals surface area contributed by atoms with E-state index in [4.69, 9.17) is 0 Å². The number of ether oxygens (including phenoxy) is 1. The van der Waals surface area contributed by atoms with Crippen molar-refractivity contribution in [3.05, 3.63) is 12.7 Å². The number of nitrogens with one attached hydrogen (secondary N) is 1. The Balaban J connectivity index is 2.22. The highest BCUT2D eigenvalue weighted by Crippen LogP contribution is 1.78. The second-order valence-corrected chi connectivity index (χ2v) is 2.01. The maximum Gasteiger partial charge on any atom is 0.326 e. The average Bonchev–Trinajstić information content (AvgIpc) is 2.53. The largest absolute Gasteiger partial charge is 0.465 e. The maximum atomic E-state index is 10.8. The van der Waals surface area contributed by atoms with Crippen LogP contribution in [0, 0.1) is 0 Å². The lowest BCUT2D eigenvalue weighted by molar-refractivity contribution is -0.141. The van der Waals surface area contributed by atoms with Gasteiger partial charge in [0.05, 0.1) is 6.61 Å². The Morgan fingerprint density at radius 1 is 1.58 bits per heavy atom. The molecule has 0 saturated heterocycles. The molecular weight excluding hydrogens is 160 g/mol. The van der Waals surface area contributed by atoms with Crippen molar-refractivity contribution in [1.29, 1.82) is 0 Å². The van der Waals surface area contributed by atoms with E-state index in [0.717, 1.165) is 0 Å². The van der Waals surface area contributed by atoms with Gasteiger partial charge in [-0.05, 0) is 6.92 Å².